The average molecular weight is 418 g/mol. The Morgan fingerprint density at radius 1 is 1.00 bits per heavy atom. The predicted molar refractivity (Wildman–Crippen MR) is 117 cm³/mol. The molecule has 0 unspecified atom stereocenters. The molecule has 2 fully saturated rings. The van der Waals surface area contributed by atoms with E-state index >= 15 is 0 Å². The van der Waals surface area contributed by atoms with Crippen LogP contribution < -0.4 is 9.47 Å². The number of fused-ring (bicyclic) bond motifs is 2. The van der Waals surface area contributed by atoms with Gasteiger partial charge in [0.15, 0.2) is 11.5 Å². The van der Waals surface area contributed by atoms with E-state index in [1.165, 1.54) is 0 Å². The molecule has 160 valence electrons. The van der Waals surface area contributed by atoms with Crippen LogP contribution in [0.5, 0.6) is 11.5 Å². The Morgan fingerprint density at radius 3 is 2.52 bits per heavy atom. The van der Waals surface area contributed by atoms with Crippen molar-refractivity contribution in [2.75, 3.05) is 20.2 Å². The molecule has 0 bridgehead atoms. The van der Waals surface area contributed by atoms with Crippen LogP contribution in [0.25, 0.3) is 10.9 Å². The van der Waals surface area contributed by atoms with Crippen molar-refractivity contribution in [3.05, 3.63) is 66.4 Å². The van der Waals surface area contributed by atoms with Gasteiger partial charge in [0.1, 0.15) is 6.10 Å². The highest BCUT2D eigenvalue weighted by atomic mass is 16.5. The van der Waals surface area contributed by atoms with E-state index in [0.29, 0.717) is 48.9 Å². The van der Waals surface area contributed by atoms with Crippen molar-refractivity contribution in [1.29, 1.82) is 0 Å². The summed E-state index contributed by atoms with van der Waals surface area (Å²) in [5.41, 5.74) is 1.51. The summed E-state index contributed by atoms with van der Waals surface area (Å²) in [5.74, 6) is 1.92. The predicted octanol–water partition coefficient (Wildman–Crippen LogP) is 3.53. The molecule has 2 aromatic carbocycles. The molecule has 6 nitrogen and oxygen atoms in total. The molecule has 1 aromatic heterocycles. The maximum Gasteiger partial charge on any atom is 0.254 e. The quantitative estimate of drug-likeness (QED) is 0.702. The number of amides is 1. The van der Waals surface area contributed by atoms with Crippen molar-refractivity contribution in [3.63, 3.8) is 0 Å². The first-order valence-electron chi connectivity index (χ1n) is 10.7. The Balaban J connectivity index is 1.32. The highest BCUT2D eigenvalue weighted by Gasteiger charge is 2.44. The normalized spacial score (nSPS) is 25.3. The van der Waals surface area contributed by atoms with Crippen LogP contribution in [-0.2, 0) is 0 Å². The van der Waals surface area contributed by atoms with Gasteiger partial charge in [-0.15, -0.1) is 0 Å². The fraction of sp³-hybridized carbons (Fsp3) is 0.360. The zero-order chi connectivity index (χ0) is 21.4. The van der Waals surface area contributed by atoms with Gasteiger partial charge in [-0.05, 0) is 48.9 Å². The van der Waals surface area contributed by atoms with E-state index in [9.17, 15) is 9.90 Å². The standard InChI is InChI=1S/C25H26N2O4/c1-30-22-8-4-5-9-23(22)31-24-13-17-15-27(14-16(17)12-21(24)28)25(29)19-10-11-26-20-7-3-2-6-18(19)20/h2-11,16-17,21,24,28H,12-15H2,1H3/t16-,17+,21+,24+/m0/s1. The number of aromatic nitrogens is 1. The van der Waals surface area contributed by atoms with Crippen LogP contribution in [0, 0.1) is 11.8 Å². The molecule has 2 heterocycles. The third kappa shape index (κ3) is 3.72. The fourth-order valence-electron chi connectivity index (χ4n) is 5.01. The summed E-state index contributed by atoms with van der Waals surface area (Å²) in [5, 5.41) is 11.6. The number of para-hydroxylation sites is 3. The molecule has 1 aliphatic heterocycles. The largest absolute Gasteiger partial charge is 0.493 e. The second-order valence-electron chi connectivity index (χ2n) is 8.45. The Labute approximate surface area is 181 Å². The molecule has 1 saturated heterocycles. The van der Waals surface area contributed by atoms with Crippen LogP contribution in [0.1, 0.15) is 23.2 Å². The topological polar surface area (TPSA) is 71.9 Å². The molecule has 1 amide bonds. The van der Waals surface area contributed by atoms with Crippen LogP contribution in [0.3, 0.4) is 0 Å². The smallest absolute Gasteiger partial charge is 0.254 e. The number of aliphatic hydroxyl groups is 1. The molecule has 2 aliphatic rings. The maximum absolute atomic E-state index is 13.3. The van der Waals surface area contributed by atoms with Crippen molar-refractivity contribution in [2.45, 2.75) is 25.0 Å². The van der Waals surface area contributed by atoms with E-state index in [1.54, 1.807) is 19.4 Å². The van der Waals surface area contributed by atoms with Crippen molar-refractivity contribution >= 4 is 16.8 Å². The van der Waals surface area contributed by atoms with Crippen LogP contribution in [-0.4, -0.2) is 53.3 Å². The lowest BCUT2D eigenvalue weighted by atomic mass is 9.78. The summed E-state index contributed by atoms with van der Waals surface area (Å²) in [4.78, 5) is 19.6. The van der Waals surface area contributed by atoms with Crippen LogP contribution in [0.15, 0.2) is 60.8 Å². The Kier molecular flexibility index (Phi) is 5.24. The van der Waals surface area contributed by atoms with E-state index in [0.717, 1.165) is 10.9 Å². The minimum atomic E-state index is -0.567. The number of rotatable bonds is 4. The van der Waals surface area contributed by atoms with Gasteiger partial charge in [0.05, 0.1) is 24.3 Å². The van der Waals surface area contributed by atoms with E-state index in [1.807, 2.05) is 53.4 Å². The summed E-state index contributed by atoms with van der Waals surface area (Å²) in [6.45, 7) is 1.34. The number of ether oxygens (including phenoxy) is 2. The summed E-state index contributed by atoms with van der Waals surface area (Å²) in [6.07, 6.45) is 2.16. The lowest BCUT2D eigenvalue weighted by Gasteiger charge is -2.35. The number of likely N-dealkylation sites (tertiary alicyclic amines) is 1. The third-order valence-electron chi connectivity index (χ3n) is 6.60. The molecule has 3 aromatic rings. The zero-order valence-electron chi connectivity index (χ0n) is 17.5. The van der Waals surface area contributed by atoms with Gasteiger partial charge < -0.3 is 19.5 Å². The number of nitrogens with zero attached hydrogens (tertiary/aromatic N) is 2. The van der Waals surface area contributed by atoms with Crippen LogP contribution >= 0.6 is 0 Å². The van der Waals surface area contributed by atoms with Crippen LogP contribution in [0.2, 0.25) is 0 Å². The Hall–Kier alpha value is -3.12. The molecule has 1 saturated carbocycles. The zero-order valence-corrected chi connectivity index (χ0v) is 17.5. The minimum absolute atomic E-state index is 0.0321. The number of carbonyl (C=O) groups excluding carboxylic acids is 1. The lowest BCUT2D eigenvalue weighted by Crippen LogP contribution is -2.42. The first-order valence-corrected chi connectivity index (χ1v) is 10.7. The van der Waals surface area contributed by atoms with Gasteiger partial charge in [-0.25, -0.2) is 0 Å². The Bertz CT molecular complexity index is 1100. The second kappa shape index (κ2) is 8.19. The summed E-state index contributed by atoms with van der Waals surface area (Å²) < 4.78 is 11.5. The van der Waals surface area contributed by atoms with E-state index in [4.69, 9.17) is 9.47 Å². The van der Waals surface area contributed by atoms with Crippen molar-refractivity contribution in [3.8, 4) is 11.5 Å². The van der Waals surface area contributed by atoms with Crippen molar-refractivity contribution in [2.24, 2.45) is 11.8 Å². The highest BCUT2D eigenvalue weighted by Crippen LogP contribution is 2.40. The number of hydrogen-bond acceptors (Lipinski definition) is 5. The number of hydrogen-bond donors (Lipinski definition) is 1. The summed E-state index contributed by atoms with van der Waals surface area (Å²) in [6, 6.07) is 17.0. The fourth-order valence-corrected chi connectivity index (χ4v) is 5.01. The number of benzene rings is 2. The van der Waals surface area contributed by atoms with Gasteiger partial charge in [-0.2, -0.15) is 0 Å². The number of aliphatic hydroxyl groups excluding tert-OH is 1. The Morgan fingerprint density at radius 2 is 1.71 bits per heavy atom. The molecule has 1 aliphatic carbocycles. The second-order valence-corrected chi connectivity index (χ2v) is 8.45. The van der Waals surface area contributed by atoms with Gasteiger partial charge in [0.2, 0.25) is 0 Å². The monoisotopic (exact) mass is 418 g/mol. The van der Waals surface area contributed by atoms with Crippen molar-refractivity contribution in [1.82, 2.24) is 9.88 Å². The highest BCUT2D eigenvalue weighted by molar-refractivity contribution is 6.06. The summed E-state index contributed by atoms with van der Waals surface area (Å²) >= 11 is 0. The van der Waals surface area contributed by atoms with E-state index in [2.05, 4.69) is 4.98 Å². The van der Waals surface area contributed by atoms with Gasteiger partial charge in [-0.3, -0.25) is 9.78 Å². The number of pyridine rings is 1. The molecule has 5 rings (SSSR count). The van der Waals surface area contributed by atoms with Crippen molar-refractivity contribution < 1.29 is 19.4 Å². The SMILES string of the molecule is COc1ccccc1O[C@@H]1C[C@@H]2CN(C(=O)c3ccnc4ccccc34)C[C@@H]2C[C@H]1O. The average Bonchev–Trinajstić information content (AvgIpc) is 3.21. The van der Waals surface area contributed by atoms with Gasteiger partial charge in [0, 0.05) is 24.7 Å². The third-order valence-corrected chi connectivity index (χ3v) is 6.60. The minimum Gasteiger partial charge on any atom is -0.493 e. The molecule has 0 spiro atoms. The molecule has 6 heteroatoms. The molecule has 4 atom stereocenters. The first kappa shape index (κ1) is 19.8. The number of methoxy groups -OCH3 is 1. The van der Waals surface area contributed by atoms with Gasteiger partial charge in [-0.1, -0.05) is 30.3 Å². The van der Waals surface area contributed by atoms with E-state index in [-0.39, 0.29) is 17.9 Å². The molecule has 31 heavy (non-hydrogen) atoms. The molecular weight excluding hydrogens is 392 g/mol. The molecule has 0 radical (unpaired) electrons. The molecule has 1 N–H and O–H groups in total. The van der Waals surface area contributed by atoms with Gasteiger partial charge in [0.25, 0.3) is 5.91 Å². The maximum atomic E-state index is 13.3. The molecular formula is C25H26N2O4. The van der Waals surface area contributed by atoms with Crippen LogP contribution in [0.4, 0.5) is 0 Å². The lowest BCUT2D eigenvalue weighted by molar-refractivity contribution is -0.0240. The van der Waals surface area contributed by atoms with Gasteiger partial charge >= 0.3 is 0 Å². The summed E-state index contributed by atoms with van der Waals surface area (Å²) in [7, 11) is 1.61. The first-order chi connectivity index (χ1) is 15.1. The number of carbonyl (C=O) groups is 1. The van der Waals surface area contributed by atoms with E-state index < -0.39 is 6.10 Å².